The number of carbonyl (C=O) groups excluding carboxylic acids is 1. The van der Waals surface area contributed by atoms with Crippen molar-refractivity contribution in [2.24, 2.45) is 0 Å². The summed E-state index contributed by atoms with van der Waals surface area (Å²) in [7, 11) is 3.90. The van der Waals surface area contributed by atoms with Gasteiger partial charge in [-0.2, -0.15) is 4.39 Å². The maximum Gasteiger partial charge on any atom is 0.304 e. The van der Waals surface area contributed by atoms with E-state index in [9.17, 15) is 19.3 Å². The lowest BCUT2D eigenvalue weighted by molar-refractivity contribution is -0.387. The zero-order valence-electron chi connectivity index (χ0n) is 12.5. The van der Waals surface area contributed by atoms with Crippen molar-refractivity contribution in [1.82, 2.24) is 9.80 Å². The summed E-state index contributed by atoms with van der Waals surface area (Å²) < 4.78 is 13.6. The van der Waals surface area contributed by atoms with Gasteiger partial charge in [-0.15, -0.1) is 0 Å². The standard InChI is InChI=1S/C14H20FN3O3/c1-4-17(9-5-8-16(2)3)14(19)11-6-7-13(18(20)21)12(15)10-11/h6-7,10H,4-5,8-9H2,1-3H3. The maximum atomic E-state index is 13.6. The van der Waals surface area contributed by atoms with E-state index in [1.54, 1.807) is 4.90 Å². The molecule has 0 bridgehead atoms. The second-order valence-corrected chi connectivity index (χ2v) is 4.96. The molecule has 0 atom stereocenters. The van der Waals surface area contributed by atoms with Crippen LogP contribution in [-0.2, 0) is 0 Å². The topological polar surface area (TPSA) is 66.7 Å². The van der Waals surface area contributed by atoms with Crippen LogP contribution in [0.5, 0.6) is 0 Å². The number of amides is 1. The summed E-state index contributed by atoms with van der Waals surface area (Å²) in [6, 6.07) is 3.24. The van der Waals surface area contributed by atoms with Crippen LogP contribution in [0.2, 0.25) is 0 Å². The first-order chi connectivity index (χ1) is 9.86. The first-order valence-corrected chi connectivity index (χ1v) is 6.74. The molecule has 0 N–H and O–H groups in total. The van der Waals surface area contributed by atoms with Crippen LogP contribution >= 0.6 is 0 Å². The van der Waals surface area contributed by atoms with Crippen LogP contribution in [0.1, 0.15) is 23.7 Å². The third kappa shape index (κ3) is 4.78. The highest BCUT2D eigenvalue weighted by Gasteiger charge is 2.19. The molecule has 21 heavy (non-hydrogen) atoms. The van der Waals surface area contributed by atoms with Crippen molar-refractivity contribution in [2.45, 2.75) is 13.3 Å². The number of carbonyl (C=O) groups is 1. The molecule has 1 aromatic carbocycles. The van der Waals surface area contributed by atoms with Crippen LogP contribution < -0.4 is 0 Å². The van der Waals surface area contributed by atoms with Gasteiger partial charge in [-0.1, -0.05) is 0 Å². The summed E-state index contributed by atoms with van der Waals surface area (Å²) in [5, 5.41) is 10.6. The van der Waals surface area contributed by atoms with Crippen molar-refractivity contribution in [3.63, 3.8) is 0 Å². The maximum absolute atomic E-state index is 13.6. The van der Waals surface area contributed by atoms with Crippen LogP contribution in [0.4, 0.5) is 10.1 Å². The molecule has 7 heteroatoms. The minimum Gasteiger partial charge on any atom is -0.339 e. The molecule has 0 aliphatic rings. The minimum absolute atomic E-state index is 0.129. The summed E-state index contributed by atoms with van der Waals surface area (Å²) in [5.74, 6) is -1.31. The molecule has 116 valence electrons. The Morgan fingerprint density at radius 1 is 1.33 bits per heavy atom. The first-order valence-electron chi connectivity index (χ1n) is 6.74. The molecular weight excluding hydrogens is 277 g/mol. The van der Waals surface area contributed by atoms with E-state index in [2.05, 4.69) is 0 Å². The molecule has 0 saturated heterocycles. The molecule has 6 nitrogen and oxygen atoms in total. The second-order valence-electron chi connectivity index (χ2n) is 4.96. The van der Waals surface area contributed by atoms with Gasteiger partial charge in [0.15, 0.2) is 0 Å². The Labute approximate surface area is 123 Å². The van der Waals surface area contributed by atoms with Crippen molar-refractivity contribution in [3.8, 4) is 0 Å². The second kappa shape index (κ2) is 7.68. The Hall–Kier alpha value is -2.02. The van der Waals surface area contributed by atoms with Crippen molar-refractivity contribution < 1.29 is 14.1 Å². The third-order valence-electron chi connectivity index (χ3n) is 3.09. The molecule has 0 heterocycles. The Morgan fingerprint density at radius 3 is 2.48 bits per heavy atom. The van der Waals surface area contributed by atoms with Gasteiger partial charge in [0.05, 0.1) is 4.92 Å². The lowest BCUT2D eigenvalue weighted by Gasteiger charge is -2.22. The largest absolute Gasteiger partial charge is 0.339 e. The zero-order valence-corrected chi connectivity index (χ0v) is 12.5. The number of rotatable bonds is 7. The number of nitro benzene ring substituents is 1. The summed E-state index contributed by atoms with van der Waals surface area (Å²) in [4.78, 5) is 25.6. The van der Waals surface area contributed by atoms with Crippen LogP contribution in [-0.4, -0.2) is 54.4 Å². The molecule has 1 amide bonds. The highest BCUT2D eigenvalue weighted by molar-refractivity contribution is 5.94. The van der Waals surface area contributed by atoms with Crippen LogP contribution in [0.3, 0.4) is 0 Å². The predicted molar refractivity (Wildman–Crippen MR) is 77.8 cm³/mol. The van der Waals surface area contributed by atoms with E-state index in [0.29, 0.717) is 13.1 Å². The van der Waals surface area contributed by atoms with Crippen LogP contribution in [0.25, 0.3) is 0 Å². The fourth-order valence-corrected chi connectivity index (χ4v) is 1.95. The molecule has 0 unspecified atom stereocenters. The Bertz CT molecular complexity index is 520. The van der Waals surface area contributed by atoms with Gasteiger partial charge >= 0.3 is 5.69 Å². The van der Waals surface area contributed by atoms with Crippen molar-refractivity contribution >= 4 is 11.6 Å². The summed E-state index contributed by atoms with van der Waals surface area (Å²) in [6.45, 7) is 3.75. The van der Waals surface area contributed by atoms with E-state index < -0.39 is 16.4 Å². The SMILES string of the molecule is CCN(CCCN(C)C)C(=O)c1ccc([N+](=O)[O-])c(F)c1. The molecule has 0 aliphatic heterocycles. The Kier molecular flexibility index (Phi) is 6.23. The number of benzene rings is 1. The summed E-state index contributed by atoms with van der Waals surface area (Å²) >= 11 is 0. The third-order valence-corrected chi connectivity index (χ3v) is 3.09. The minimum atomic E-state index is -0.991. The van der Waals surface area contributed by atoms with Crippen LogP contribution in [0.15, 0.2) is 18.2 Å². The normalized spacial score (nSPS) is 10.7. The average Bonchev–Trinajstić information content (AvgIpc) is 2.42. The molecule has 0 aliphatic carbocycles. The van der Waals surface area contributed by atoms with Gasteiger partial charge in [0.25, 0.3) is 5.91 Å². The van der Waals surface area contributed by atoms with E-state index in [1.807, 2.05) is 25.9 Å². The first kappa shape index (κ1) is 17.0. The predicted octanol–water partition coefficient (Wildman–Crippen LogP) is 2.15. The number of halogens is 1. The average molecular weight is 297 g/mol. The quantitative estimate of drug-likeness (QED) is 0.571. The van der Waals surface area contributed by atoms with E-state index in [0.717, 1.165) is 25.1 Å². The molecule has 1 aromatic rings. The molecule has 0 aromatic heterocycles. The van der Waals surface area contributed by atoms with Crippen molar-refractivity contribution in [3.05, 3.63) is 39.7 Å². The van der Waals surface area contributed by atoms with Gasteiger partial charge in [0.1, 0.15) is 0 Å². The Balaban J connectivity index is 2.80. The van der Waals surface area contributed by atoms with E-state index in [-0.39, 0.29) is 11.5 Å². The van der Waals surface area contributed by atoms with Crippen molar-refractivity contribution in [2.75, 3.05) is 33.7 Å². The zero-order chi connectivity index (χ0) is 16.0. The number of hydrogen-bond donors (Lipinski definition) is 0. The van der Waals surface area contributed by atoms with E-state index in [1.165, 1.54) is 6.07 Å². The van der Waals surface area contributed by atoms with Gasteiger partial charge in [0, 0.05) is 24.7 Å². The van der Waals surface area contributed by atoms with Gasteiger partial charge in [0.2, 0.25) is 5.82 Å². The lowest BCUT2D eigenvalue weighted by atomic mass is 10.1. The molecule has 0 fully saturated rings. The number of nitro groups is 1. The van der Waals surface area contributed by atoms with Gasteiger partial charge in [-0.25, -0.2) is 0 Å². The van der Waals surface area contributed by atoms with Gasteiger partial charge in [-0.05, 0) is 46.1 Å². The lowest BCUT2D eigenvalue weighted by Crippen LogP contribution is -2.33. The molecule has 1 rings (SSSR count). The van der Waals surface area contributed by atoms with Gasteiger partial charge < -0.3 is 9.80 Å². The monoisotopic (exact) mass is 297 g/mol. The fourth-order valence-electron chi connectivity index (χ4n) is 1.95. The summed E-state index contributed by atoms with van der Waals surface area (Å²) in [5.41, 5.74) is -0.494. The number of hydrogen-bond acceptors (Lipinski definition) is 4. The van der Waals surface area contributed by atoms with Crippen molar-refractivity contribution in [1.29, 1.82) is 0 Å². The van der Waals surface area contributed by atoms with E-state index in [4.69, 9.17) is 0 Å². The smallest absolute Gasteiger partial charge is 0.304 e. The summed E-state index contributed by atoms with van der Waals surface area (Å²) in [6.07, 6.45) is 0.808. The highest BCUT2D eigenvalue weighted by atomic mass is 19.1. The molecule has 0 saturated carbocycles. The number of nitrogens with zero attached hydrogens (tertiary/aromatic N) is 3. The highest BCUT2D eigenvalue weighted by Crippen LogP contribution is 2.19. The van der Waals surface area contributed by atoms with Crippen LogP contribution in [0, 0.1) is 15.9 Å². The Morgan fingerprint density at radius 2 is 2.00 bits per heavy atom. The molecule has 0 radical (unpaired) electrons. The fraction of sp³-hybridized carbons (Fsp3) is 0.500. The van der Waals surface area contributed by atoms with E-state index >= 15 is 0 Å². The molecular formula is C14H20FN3O3. The van der Waals surface area contributed by atoms with Gasteiger partial charge in [-0.3, -0.25) is 14.9 Å². The molecule has 0 spiro atoms.